The van der Waals surface area contributed by atoms with Crippen LogP contribution in [0.5, 0.6) is 0 Å². The highest BCUT2D eigenvalue weighted by atomic mass is 16.5. The third-order valence-corrected chi connectivity index (χ3v) is 3.96. The quantitative estimate of drug-likeness (QED) is 0.573. The molecule has 1 aliphatic heterocycles. The molecule has 2 rings (SSSR count). The summed E-state index contributed by atoms with van der Waals surface area (Å²) < 4.78 is 0. The number of amides is 3. The number of nitrogens with zero attached hydrogens (tertiary/aromatic N) is 2. The minimum atomic E-state index is -0.340. The van der Waals surface area contributed by atoms with E-state index in [1.165, 1.54) is 0 Å². The van der Waals surface area contributed by atoms with Crippen LogP contribution in [0.2, 0.25) is 0 Å². The van der Waals surface area contributed by atoms with E-state index in [1.54, 1.807) is 23.9 Å². The highest BCUT2D eigenvalue weighted by Gasteiger charge is 2.22. The van der Waals surface area contributed by atoms with Crippen LogP contribution in [-0.4, -0.2) is 40.1 Å². The number of carbonyl (C=O) groups is 2. The Morgan fingerprint density at radius 1 is 1.36 bits per heavy atom. The summed E-state index contributed by atoms with van der Waals surface area (Å²) >= 11 is 0. The molecule has 0 radical (unpaired) electrons. The smallest absolute Gasteiger partial charge is 0.321 e. The van der Waals surface area contributed by atoms with E-state index >= 15 is 0 Å². The van der Waals surface area contributed by atoms with Crippen molar-refractivity contribution in [2.24, 2.45) is 5.92 Å². The number of hydrogen-bond donors (Lipinski definition) is 3. The molecule has 120 valence electrons. The summed E-state index contributed by atoms with van der Waals surface area (Å²) in [6.07, 6.45) is 7.24. The van der Waals surface area contributed by atoms with E-state index < -0.39 is 0 Å². The zero-order valence-electron chi connectivity index (χ0n) is 12.5. The van der Waals surface area contributed by atoms with Crippen LogP contribution in [0.3, 0.4) is 0 Å². The van der Waals surface area contributed by atoms with Gasteiger partial charge in [0.15, 0.2) is 0 Å². The number of anilines is 1. The summed E-state index contributed by atoms with van der Waals surface area (Å²) in [5, 5.41) is 11.3. The molecular weight excluding hydrogens is 284 g/mol. The van der Waals surface area contributed by atoms with E-state index in [9.17, 15) is 9.59 Å². The Hall–Kier alpha value is -2.15. The number of hydrogen-bond acceptors (Lipinski definition) is 4. The molecule has 0 saturated carbocycles. The lowest BCUT2D eigenvalue weighted by Crippen LogP contribution is -2.41. The fourth-order valence-electron chi connectivity index (χ4n) is 2.67. The number of hydroxylamine groups is 1. The maximum Gasteiger partial charge on any atom is 0.321 e. The first kappa shape index (κ1) is 16.2. The highest BCUT2D eigenvalue weighted by molar-refractivity contribution is 5.89. The van der Waals surface area contributed by atoms with Gasteiger partial charge in [-0.2, -0.15) is 0 Å². The Kier molecular flexibility index (Phi) is 6.14. The normalized spacial score (nSPS) is 15.4. The summed E-state index contributed by atoms with van der Waals surface area (Å²) in [4.78, 5) is 28.8. The van der Waals surface area contributed by atoms with Gasteiger partial charge in [0.2, 0.25) is 5.91 Å². The molecule has 1 saturated heterocycles. The van der Waals surface area contributed by atoms with Crippen molar-refractivity contribution >= 4 is 17.6 Å². The first-order valence-electron chi connectivity index (χ1n) is 7.58. The van der Waals surface area contributed by atoms with E-state index in [1.807, 2.05) is 11.0 Å². The highest BCUT2D eigenvalue weighted by Crippen LogP contribution is 2.23. The molecule has 7 heteroatoms. The maximum atomic E-state index is 12.1. The van der Waals surface area contributed by atoms with Crippen molar-refractivity contribution in [3.63, 3.8) is 0 Å². The predicted octanol–water partition coefficient (Wildman–Crippen LogP) is 2.00. The van der Waals surface area contributed by atoms with Gasteiger partial charge >= 0.3 is 6.03 Å². The number of rotatable bonds is 5. The van der Waals surface area contributed by atoms with E-state index in [0.717, 1.165) is 38.8 Å². The molecule has 2 heterocycles. The Morgan fingerprint density at radius 3 is 2.77 bits per heavy atom. The SMILES string of the molecule is O=C(CCCC1CCN(C(=O)Nc2cccnc2)CC1)NO. The van der Waals surface area contributed by atoms with Crippen LogP contribution in [-0.2, 0) is 4.79 Å². The second-order valence-corrected chi connectivity index (χ2v) is 5.53. The van der Waals surface area contributed by atoms with Crippen LogP contribution in [0.15, 0.2) is 24.5 Å². The average molecular weight is 306 g/mol. The zero-order chi connectivity index (χ0) is 15.8. The molecule has 0 spiro atoms. The van der Waals surface area contributed by atoms with Gasteiger partial charge in [0.25, 0.3) is 0 Å². The van der Waals surface area contributed by atoms with Crippen molar-refractivity contribution < 1.29 is 14.8 Å². The molecule has 1 aromatic heterocycles. The minimum Gasteiger partial charge on any atom is -0.325 e. The molecule has 0 atom stereocenters. The number of carbonyl (C=O) groups excluding carboxylic acids is 2. The van der Waals surface area contributed by atoms with Crippen LogP contribution in [0.1, 0.15) is 32.1 Å². The predicted molar refractivity (Wildman–Crippen MR) is 81.3 cm³/mol. The van der Waals surface area contributed by atoms with Gasteiger partial charge in [-0.15, -0.1) is 0 Å². The van der Waals surface area contributed by atoms with Gasteiger partial charge < -0.3 is 10.2 Å². The lowest BCUT2D eigenvalue weighted by Gasteiger charge is -2.32. The number of piperidine rings is 1. The van der Waals surface area contributed by atoms with Crippen LogP contribution >= 0.6 is 0 Å². The Bertz CT molecular complexity index is 487. The van der Waals surface area contributed by atoms with E-state index in [4.69, 9.17) is 5.21 Å². The van der Waals surface area contributed by atoms with Crippen molar-refractivity contribution in [3.8, 4) is 0 Å². The third kappa shape index (κ3) is 5.00. The summed E-state index contributed by atoms with van der Waals surface area (Å²) in [6.45, 7) is 1.45. The molecule has 0 unspecified atom stereocenters. The zero-order valence-corrected chi connectivity index (χ0v) is 12.5. The van der Waals surface area contributed by atoms with Crippen LogP contribution < -0.4 is 10.8 Å². The molecule has 0 aromatic carbocycles. The van der Waals surface area contributed by atoms with Crippen molar-refractivity contribution in [3.05, 3.63) is 24.5 Å². The lowest BCUT2D eigenvalue weighted by atomic mass is 9.91. The topological polar surface area (TPSA) is 94.6 Å². The van der Waals surface area contributed by atoms with E-state index in [2.05, 4.69) is 10.3 Å². The van der Waals surface area contributed by atoms with Gasteiger partial charge in [-0.05, 0) is 43.7 Å². The monoisotopic (exact) mass is 306 g/mol. The molecule has 3 amide bonds. The van der Waals surface area contributed by atoms with Crippen LogP contribution in [0, 0.1) is 5.92 Å². The van der Waals surface area contributed by atoms with Crippen molar-refractivity contribution in [1.82, 2.24) is 15.4 Å². The second-order valence-electron chi connectivity index (χ2n) is 5.53. The maximum absolute atomic E-state index is 12.1. The van der Waals surface area contributed by atoms with Gasteiger partial charge in [0, 0.05) is 25.7 Å². The lowest BCUT2D eigenvalue weighted by molar-refractivity contribution is -0.129. The Morgan fingerprint density at radius 2 is 2.14 bits per heavy atom. The molecule has 3 N–H and O–H groups in total. The van der Waals surface area contributed by atoms with Gasteiger partial charge in [0.1, 0.15) is 0 Å². The van der Waals surface area contributed by atoms with Crippen LogP contribution in [0.25, 0.3) is 0 Å². The van der Waals surface area contributed by atoms with E-state index in [-0.39, 0.29) is 11.9 Å². The molecule has 22 heavy (non-hydrogen) atoms. The molecule has 0 bridgehead atoms. The number of aromatic nitrogens is 1. The van der Waals surface area contributed by atoms with Crippen molar-refractivity contribution in [2.45, 2.75) is 32.1 Å². The fraction of sp³-hybridized carbons (Fsp3) is 0.533. The molecule has 0 aliphatic carbocycles. The molecular formula is C15H22N4O3. The molecule has 7 nitrogen and oxygen atoms in total. The summed E-state index contributed by atoms with van der Waals surface area (Å²) in [5.74, 6) is 0.196. The average Bonchev–Trinajstić information content (AvgIpc) is 2.56. The molecule has 1 aliphatic rings. The largest absolute Gasteiger partial charge is 0.325 e. The molecule has 1 fully saturated rings. The standard InChI is InChI=1S/C15H22N4O3/c20-14(18-22)5-1-3-12-6-9-19(10-7-12)15(21)17-13-4-2-8-16-11-13/h2,4,8,11-12,22H,1,3,5-7,9-10H2,(H,17,21)(H,18,20). The van der Waals surface area contributed by atoms with E-state index in [0.29, 0.717) is 18.0 Å². The number of likely N-dealkylation sites (tertiary alicyclic amines) is 1. The molecule has 1 aromatic rings. The number of pyridine rings is 1. The van der Waals surface area contributed by atoms with Gasteiger partial charge in [-0.3, -0.25) is 15.0 Å². The first-order chi connectivity index (χ1) is 10.7. The van der Waals surface area contributed by atoms with Crippen molar-refractivity contribution in [2.75, 3.05) is 18.4 Å². The van der Waals surface area contributed by atoms with Gasteiger partial charge in [0.05, 0.1) is 11.9 Å². The minimum absolute atomic E-state index is 0.0916. The second kappa shape index (κ2) is 8.33. The third-order valence-electron chi connectivity index (χ3n) is 3.96. The summed E-state index contributed by atoms with van der Waals surface area (Å²) in [5.41, 5.74) is 2.34. The van der Waals surface area contributed by atoms with Gasteiger partial charge in [-0.25, -0.2) is 10.3 Å². The van der Waals surface area contributed by atoms with Crippen LogP contribution in [0.4, 0.5) is 10.5 Å². The van der Waals surface area contributed by atoms with Crippen molar-refractivity contribution in [1.29, 1.82) is 0 Å². The first-order valence-corrected chi connectivity index (χ1v) is 7.58. The summed E-state index contributed by atoms with van der Waals surface area (Å²) in [6, 6.07) is 3.50. The number of nitrogens with one attached hydrogen (secondary N) is 2. The summed E-state index contributed by atoms with van der Waals surface area (Å²) in [7, 11) is 0. The van der Waals surface area contributed by atoms with Gasteiger partial charge in [-0.1, -0.05) is 0 Å². The fourth-order valence-corrected chi connectivity index (χ4v) is 2.67. The Labute approximate surface area is 129 Å². The number of urea groups is 1. The Balaban J connectivity index is 1.68.